The normalized spacial score (nSPS) is 27.3. The highest BCUT2D eigenvalue weighted by Gasteiger charge is 2.40. The first-order chi connectivity index (χ1) is 11.7. The van der Waals surface area contributed by atoms with E-state index < -0.39 is 0 Å². The summed E-state index contributed by atoms with van der Waals surface area (Å²) in [4.78, 5) is 26.1. The number of carbonyl (C=O) groups is 2. The molecular formula is C19H25NO3S. The van der Waals surface area contributed by atoms with Crippen molar-refractivity contribution in [2.75, 3.05) is 11.9 Å². The topological polar surface area (TPSA) is 55.4 Å². The number of anilines is 1. The molecule has 130 valence electrons. The first-order valence-electron chi connectivity index (χ1n) is 9.27. The van der Waals surface area contributed by atoms with Crippen LogP contribution in [-0.2, 0) is 22.4 Å². The lowest BCUT2D eigenvalue weighted by Gasteiger charge is -2.20. The second-order valence-corrected chi connectivity index (χ2v) is 8.57. The summed E-state index contributed by atoms with van der Waals surface area (Å²) in [6.45, 7) is 2.18. The van der Waals surface area contributed by atoms with Gasteiger partial charge in [0.05, 0.1) is 12.2 Å². The van der Waals surface area contributed by atoms with Gasteiger partial charge in [-0.25, -0.2) is 4.79 Å². The monoisotopic (exact) mass is 347 g/mol. The lowest BCUT2D eigenvalue weighted by Crippen LogP contribution is -2.21. The molecule has 24 heavy (non-hydrogen) atoms. The molecule has 0 spiro atoms. The van der Waals surface area contributed by atoms with E-state index in [2.05, 4.69) is 5.32 Å². The Morgan fingerprint density at radius 3 is 2.83 bits per heavy atom. The summed E-state index contributed by atoms with van der Waals surface area (Å²) in [5.41, 5.74) is 1.73. The van der Waals surface area contributed by atoms with Crippen LogP contribution in [0.15, 0.2) is 0 Å². The van der Waals surface area contributed by atoms with E-state index in [1.807, 2.05) is 6.92 Å². The van der Waals surface area contributed by atoms with Gasteiger partial charge in [0.25, 0.3) is 0 Å². The molecule has 0 saturated heterocycles. The minimum atomic E-state index is -0.285. The number of aryl methyl sites for hydroxylation is 1. The highest BCUT2D eigenvalue weighted by molar-refractivity contribution is 7.17. The first kappa shape index (κ1) is 16.1. The van der Waals surface area contributed by atoms with Crippen LogP contribution in [0.3, 0.4) is 0 Å². The lowest BCUT2D eigenvalue weighted by atomic mass is 9.86. The molecule has 4 nitrogen and oxygen atoms in total. The summed E-state index contributed by atoms with van der Waals surface area (Å²) in [5.74, 6) is 1.93. The van der Waals surface area contributed by atoms with Crippen LogP contribution in [0.4, 0.5) is 5.00 Å². The molecule has 3 aliphatic rings. The predicted molar refractivity (Wildman–Crippen MR) is 94.5 cm³/mol. The van der Waals surface area contributed by atoms with E-state index in [1.54, 1.807) is 11.3 Å². The number of nitrogens with one attached hydrogen (secondary N) is 1. The van der Waals surface area contributed by atoms with Gasteiger partial charge in [-0.1, -0.05) is 6.42 Å². The van der Waals surface area contributed by atoms with Gasteiger partial charge in [-0.15, -0.1) is 11.3 Å². The van der Waals surface area contributed by atoms with E-state index in [4.69, 9.17) is 4.74 Å². The fourth-order valence-corrected chi connectivity index (χ4v) is 6.25. The molecule has 2 fully saturated rings. The maximum Gasteiger partial charge on any atom is 0.341 e. The molecular weight excluding hydrogens is 322 g/mol. The second-order valence-electron chi connectivity index (χ2n) is 7.47. The Bertz CT molecular complexity index is 666. The van der Waals surface area contributed by atoms with Gasteiger partial charge in [0.15, 0.2) is 0 Å². The summed E-state index contributed by atoms with van der Waals surface area (Å²) in [7, 11) is 0. The van der Waals surface area contributed by atoms with E-state index in [0.717, 1.165) is 36.7 Å². The zero-order valence-corrected chi connectivity index (χ0v) is 15.0. The molecule has 0 radical (unpaired) electrons. The maximum atomic E-state index is 12.5. The third-order valence-corrected chi connectivity index (χ3v) is 7.19. The Labute approximate surface area is 147 Å². The molecule has 3 atom stereocenters. The van der Waals surface area contributed by atoms with Crippen LogP contribution < -0.4 is 5.32 Å². The summed E-state index contributed by atoms with van der Waals surface area (Å²) in [6, 6.07) is 0. The van der Waals surface area contributed by atoms with Gasteiger partial charge in [-0.3, -0.25) is 4.79 Å². The summed E-state index contributed by atoms with van der Waals surface area (Å²) in [5, 5.41) is 3.76. The van der Waals surface area contributed by atoms with Crippen molar-refractivity contribution in [1.82, 2.24) is 0 Å². The minimum absolute atomic E-state index is 0.0676. The number of hydrogen-bond acceptors (Lipinski definition) is 4. The number of amides is 1. The van der Waals surface area contributed by atoms with Crippen LogP contribution in [0.25, 0.3) is 0 Å². The average molecular weight is 347 g/mol. The number of esters is 1. The van der Waals surface area contributed by atoms with Crippen LogP contribution >= 0.6 is 11.3 Å². The molecule has 1 heterocycles. The van der Waals surface area contributed by atoms with Gasteiger partial charge in [0.1, 0.15) is 5.00 Å². The molecule has 3 aliphatic carbocycles. The van der Waals surface area contributed by atoms with Crippen molar-refractivity contribution >= 4 is 28.2 Å². The Kier molecular flexibility index (Phi) is 4.37. The Balaban J connectivity index is 1.47. The van der Waals surface area contributed by atoms with E-state index in [9.17, 15) is 9.59 Å². The zero-order chi connectivity index (χ0) is 16.7. The van der Waals surface area contributed by atoms with E-state index in [0.29, 0.717) is 29.5 Å². The highest BCUT2D eigenvalue weighted by Crippen LogP contribution is 2.49. The summed E-state index contributed by atoms with van der Waals surface area (Å²) < 4.78 is 5.22. The molecule has 5 heteroatoms. The maximum absolute atomic E-state index is 12.5. The molecule has 2 saturated carbocycles. The lowest BCUT2D eigenvalue weighted by molar-refractivity contribution is -0.117. The van der Waals surface area contributed by atoms with Crippen molar-refractivity contribution in [2.24, 2.45) is 17.8 Å². The van der Waals surface area contributed by atoms with Crippen molar-refractivity contribution in [1.29, 1.82) is 0 Å². The highest BCUT2D eigenvalue weighted by atomic mass is 32.1. The van der Waals surface area contributed by atoms with Crippen LogP contribution in [0.1, 0.15) is 66.2 Å². The third kappa shape index (κ3) is 2.87. The number of ether oxygens (including phenoxy) is 1. The Morgan fingerprint density at radius 2 is 2.12 bits per heavy atom. The van der Waals surface area contributed by atoms with Gasteiger partial charge in [0.2, 0.25) is 5.91 Å². The van der Waals surface area contributed by atoms with Crippen LogP contribution in [0.5, 0.6) is 0 Å². The SMILES string of the molecule is CCOC(=O)c1c(NC(=O)C[C@H]2C[C@@H]3CC[C@H]2C3)sc2c1CCC2. The van der Waals surface area contributed by atoms with Crippen molar-refractivity contribution < 1.29 is 14.3 Å². The van der Waals surface area contributed by atoms with E-state index in [-0.39, 0.29) is 11.9 Å². The second kappa shape index (κ2) is 6.51. The Morgan fingerprint density at radius 1 is 1.25 bits per heavy atom. The summed E-state index contributed by atoms with van der Waals surface area (Å²) in [6.07, 6.45) is 8.80. The smallest absolute Gasteiger partial charge is 0.341 e. The quantitative estimate of drug-likeness (QED) is 0.813. The molecule has 4 rings (SSSR count). The van der Waals surface area contributed by atoms with E-state index in [1.165, 1.54) is 30.6 Å². The van der Waals surface area contributed by atoms with Crippen LogP contribution in [0.2, 0.25) is 0 Å². The number of thiophene rings is 1. The molecule has 1 amide bonds. The number of fused-ring (bicyclic) bond motifs is 3. The number of hydrogen-bond donors (Lipinski definition) is 1. The van der Waals surface area contributed by atoms with Gasteiger partial charge in [-0.2, -0.15) is 0 Å². The van der Waals surface area contributed by atoms with Crippen molar-refractivity contribution in [3.05, 3.63) is 16.0 Å². The van der Waals surface area contributed by atoms with Crippen LogP contribution in [0, 0.1) is 17.8 Å². The number of rotatable bonds is 5. The van der Waals surface area contributed by atoms with Gasteiger partial charge < -0.3 is 10.1 Å². The third-order valence-electron chi connectivity index (χ3n) is 5.99. The standard InChI is InChI=1S/C19H25NO3S/c1-2-23-19(22)17-14-4-3-5-15(14)24-18(17)20-16(21)10-13-9-11-6-7-12(13)8-11/h11-13H,2-10H2,1H3,(H,20,21)/t11-,12+,13-/m1/s1. The van der Waals surface area contributed by atoms with Crippen molar-refractivity contribution in [3.63, 3.8) is 0 Å². The first-order valence-corrected chi connectivity index (χ1v) is 10.1. The summed E-state index contributed by atoms with van der Waals surface area (Å²) >= 11 is 1.57. The van der Waals surface area contributed by atoms with Crippen molar-refractivity contribution in [2.45, 2.75) is 58.3 Å². The Hall–Kier alpha value is -1.36. The molecule has 0 aliphatic heterocycles. The largest absolute Gasteiger partial charge is 0.462 e. The molecule has 2 bridgehead atoms. The van der Waals surface area contributed by atoms with Gasteiger partial charge in [-0.05, 0) is 68.8 Å². The molecule has 1 aromatic heterocycles. The zero-order valence-electron chi connectivity index (χ0n) is 14.2. The molecule has 1 aromatic rings. The predicted octanol–water partition coefficient (Wildman–Crippen LogP) is 4.18. The molecule has 1 N–H and O–H groups in total. The average Bonchev–Trinajstić information content (AvgIpc) is 3.26. The number of carbonyl (C=O) groups excluding carboxylic acids is 2. The fraction of sp³-hybridized carbons (Fsp3) is 0.684. The van der Waals surface area contributed by atoms with Crippen LogP contribution in [-0.4, -0.2) is 18.5 Å². The van der Waals surface area contributed by atoms with Gasteiger partial charge >= 0.3 is 5.97 Å². The molecule has 0 unspecified atom stereocenters. The molecule has 0 aromatic carbocycles. The van der Waals surface area contributed by atoms with Crippen molar-refractivity contribution in [3.8, 4) is 0 Å². The van der Waals surface area contributed by atoms with E-state index >= 15 is 0 Å². The van der Waals surface area contributed by atoms with Gasteiger partial charge in [0, 0.05) is 11.3 Å². The fourth-order valence-electron chi connectivity index (χ4n) is 4.95. The minimum Gasteiger partial charge on any atom is -0.462 e.